The lowest BCUT2D eigenvalue weighted by molar-refractivity contribution is -0.150. The first-order chi connectivity index (χ1) is 6.28. The van der Waals surface area contributed by atoms with E-state index in [9.17, 15) is 4.79 Å². The Morgan fingerprint density at radius 2 is 1.92 bits per heavy atom. The molecule has 1 amide bonds. The molecule has 0 aromatic rings. The number of likely N-dealkylation sites (tertiary alicyclic amines) is 1. The lowest BCUT2D eigenvalue weighted by atomic mass is 9.72. The largest absolute Gasteiger partial charge is 0.337 e. The van der Waals surface area contributed by atoms with Crippen molar-refractivity contribution in [3.63, 3.8) is 0 Å². The highest BCUT2D eigenvalue weighted by molar-refractivity contribution is 5.77. The van der Waals surface area contributed by atoms with Gasteiger partial charge in [0.15, 0.2) is 0 Å². The molecule has 2 aliphatic rings. The molecule has 1 spiro atoms. The molecule has 1 heterocycles. The van der Waals surface area contributed by atoms with Crippen molar-refractivity contribution in [3.8, 4) is 0 Å². The quantitative estimate of drug-likeness (QED) is 0.608. The smallest absolute Gasteiger partial charge is 0.222 e. The zero-order valence-corrected chi connectivity index (χ0v) is 8.51. The van der Waals surface area contributed by atoms with Gasteiger partial charge in [-0.15, -0.1) is 0 Å². The van der Waals surface area contributed by atoms with Gasteiger partial charge in [-0.1, -0.05) is 26.2 Å². The summed E-state index contributed by atoms with van der Waals surface area (Å²) < 4.78 is 0. The Kier molecular flexibility index (Phi) is 2.31. The van der Waals surface area contributed by atoms with Crippen molar-refractivity contribution in [2.24, 2.45) is 0 Å². The molecule has 13 heavy (non-hydrogen) atoms. The fraction of sp³-hybridized carbons (Fsp3) is 0.909. The number of nitrogens with zero attached hydrogens (tertiary/aromatic N) is 1. The van der Waals surface area contributed by atoms with Gasteiger partial charge in [-0.25, -0.2) is 0 Å². The van der Waals surface area contributed by atoms with E-state index in [0.29, 0.717) is 17.9 Å². The fourth-order valence-electron chi connectivity index (χ4n) is 2.85. The molecule has 2 rings (SSSR count). The van der Waals surface area contributed by atoms with E-state index in [1.165, 1.54) is 38.5 Å². The van der Waals surface area contributed by atoms with E-state index in [-0.39, 0.29) is 0 Å². The topological polar surface area (TPSA) is 20.3 Å². The minimum atomic E-state index is 0.325. The van der Waals surface area contributed by atoms with Crippen LogP contribution in [0.2, 0.25) is 0 Å². The predicted octanol–water partition coefficient (Wildman–Crippen LogP) is 2.33. The zero-order valence-electron chi connectivity index (χ0n) is 8.51. The lowest BCUT2D eigenvalue weighted by Crippen LogP contribution is -2.62. The summed E-state index contributed by atoms with van der Waals surface area (Å²) >= 11 is 0. The van der Waals surface area contributed by atoms with Gasteiger partial charge in [-0.2, -0.15) is 0 Å². The molecular weight excluding hydrogens is 162 g/mol. The van der Waals surface area contributed by atoms with Crippen molar-refractivity contribution < 1.29 is 4.79 Å². The monoisotopic (exact) mass is 181 g/mol. The summed E-state index contributed by atoms with van der Waals surface area (Å²) in [4.78, 5) is 13.7. The first-order valence-electron chi connectivity index (χ1n) is 5.59. The number of hydrogen-bond donors (Lipinski definition) is 0. The molecule has 2 nitrogen and oxygen atoms in total. The lowest BCUT2D eigenvalue weighted by Gasteiger charge is -2.55. The maximum atomic E-state index is 11.6. The van der Waals surface area contributed by atoms with Crippen LogP contribution in [0, 0.1) is 0 Å². The van der Waals surface area contributed by atoms with Crippen LogP contribution in [0.1, 0.15) is 51.9 Å². The van der Waals surface area contributed by atoms with E-state index < -0.39 is 0 Å². The minimum Gasteiger partial charge on any atom is -0.337 e. The zero-order chi connectivity index (χ0) is 9.31. The first kappa shape index (κ1) is 9.04. The molecule has 0 N–H and O–H groups in total. The molecule has 0 aromatic carbocycles. The van der Waals surface area contributed by atoms with Crippen molar-refractivity contribution in [3.05, 3.63) is 0 Å². The molecule has 0 radical (unpaired) electrons. The molecule has 2 heteroatoms. The summed E-state index contributed by atoms with van der Waals surface area (Å²) in [5.41, 5.74) is 0.325. The molecule has 2 fully saturated rings. The van der Waals surface area contributed by atoms with E-state index in [2.05, 4.69) is 4.90 Å². The second-order valence-electron chi connectivity index (χ2n) is 4.43. The van der Waals surface area contributed by atoms with Gasteiger partial charge < -0.3 is 4.90 Å². The molecule has 0 aromatic heterocycles. The Balaban J connectivity index is 2.02. The SMILES string of the molecule is CCC(=O)N1CCC12CCCCC2. The molecule has 1 aliphatic heterocycles. The maximum absolute atomic E-state index is 11.6. The van der Waals surface area contributed by atoms with E-state index in [4.69, 9.17) is 0 Å². The second-order valence-corrected chi connectivity index (χ2v) is 4.43. The van der Waals surface area contributed by atoms with Crippen LogP contribution in [0.4, 0.5) is 0 Å². The van der Waals surface area contributed by atoms with Gasteiger partial charge in [0.05, 0.1) is 0 Å². The minimum absolute atomic E-state index is 0.325. The molecule has 1 aliphatic carbocycles. The maximum Gasteiger partial charge on any atom is 0.222 e. The molecular formula is C11H19NO. The number of carbonyl (C=O) groups is 1. The molecule has 74 valence electrons. The van der Waals surface area contributed by atoms with Gasteiger partial charge >= 0.3 is 0 Å². The highest BCUT2D eigenvalue weighted by Crippen LogP contribution is 2.43. The van der Waals surface area contributed by atoms with Crippen molar-refractivity contribution in [1.82, 2.24) is 4.90 Å². The van der Waals surface area contributed by atoms with Crippen LogP contribution >= 0.6 is 0 Å². The van der Waals surface area contributed by atoms with Gasteiger partial charge in [0.2, 0.25) is 5.91 Å². The Bertz CT molecular complexity index is 206. The molecule has 0 atom stereocenters. The predicted molar refractivity (Wildman–Crippen MR) is 52.4 cm³/mol. The van der Waals surface area contributed by atoms with Crippen LogP contribution in [0.15, 0.2) is 0 Å². The fourth-order valence-corrected chi connectivity index (χ4v) is 2.85. The van der Waals surface area contributed by atoms with Gasteiger partial charge in [-0.3, -0.25) is 4.79 Å². The number of carbonyl (C=O) groups excluding carboxylic acids is 1. The van der Waals surface area contributed by atoms with Gasteiger partial charge in [0, 0.05) is 18.5 Å². The summed E-state index contributed by atoms with van der Waals surface area (Å²) in [5, 5.41) is 0. The van der Waals surface area contributed by atoms with Crippen LogP contribution < -0.4 is 0 Å². The first-order valence-corrected chi connectivity index (χ1v) is 5.59. The van der Waals surface area contributed by atoms with Crippen LogP contribution in [-0.2, 0) is 4.79 Å². The number of hydrogen-bond acceptors (Lipinski definition) is 1. The third kappa shape index (κ3) is 1.36. The van der Waals surface area contributed by atoms with Gasteiger partial charge in [0.25, 0.3) is 0 Å². The standard InChI is InChI=1S/C11H19NO/c1-2-10(13)12-9-8-11(12)6-4-3-5-7-11/h2-9H2,1H3. The van der Waals surface area contributed by atoms with Crippen LogP contribution in [-0.4, -0.2) is 22.9 Å². The highest BCUT2D eigenvalue weighted by atomic mass is 16.2. The van der Waals surface area contributed by atoms with Gasteiger partial charge in [0.1, 0.15) is 0 Å². The van der Waals surface area contributed by atoms with Crippen LogP contribution in [0.3, 0.4) is 0 Å². The van der Waals surface area contributed by atoms with Gasteiger partial charge in [-0.05, 0) is 19.3 Å². The van der Waals surface area contributed by atoms with Crippen molar-refractivity contribution in [2.75, 3.05) is 6.54 Å². The van der Waals surface area contributed by atoms with E-state index in [1.807, 2.05) is 6.92 Å². The third-order valence-electron chi connectivity index (χ3n) is 3.76. The highest BCUT2D eigenvalue weighted by Gasteiger charge is 2.46. The van der Waals surface area contributed by atoms with Crippen molar-refractivity contribution in [2.45, 2.75) is 57.4 Å². The molecule has 1 saturated heterocycles. The third-order valence-corrected chi connectivity index (χ3v) is 3.76. The van der Waals surface area contributed by atoms with Crippen molar-refractivity contribution in [1.29, 1.82) is 0 Å². The second kappa shape index (κ2) is 3.32. The number of amides is 1. The van der Waals surface area contributed by atoms with E-state index >= 15 is 0 Å². The Morgan fingerprint density at radius 3 is 2.38 bits per heavy atom. The van der Waals surface area contributed by atoms with Crippen LogP contribution in [0.5, 0.6) is 0 Å². The summed E-state index contributed by atoms with van der Waals surface area (Å²) in [5.74, 6) is 0.369. The van der Waals surface area contributed by atoms with E-state index in [1.54, 1.807) is 0 Å². The summed E-state index contributed by atoms with van der Waals surface area (Å²) in [7, 11) is 0. The van der Waals surface area contributed by atoms with Crippen molar-refractivity contribution >= 4 is 5.91 Å². The Hall–Kier alpha value is -0.530. The molecule has 0 unspecified atom stereocenters. The summed E-state index contributed by atoms with van der Waals surface area (Å²) in [6.45, 7) is 2.99. The summed E-state index contributed by atoms with van der Waals surface area (Å²) in [6, 6.07) is 0. The molecule has 0 bridgehead atoms. The number of rotatable bonds is 1. The Morgan fingerprint density at radius 1 is 1.23 bits per heavy atom. The normalized spacial score (nSPS) is 25.8. The van der Waals surface area contributed by atoms with Crippen LogP contribution in [0.25, 0.3) is 0 Å². The Labute approximate surface area is 80.3 Å². The average molecular weight is 181 g/mol. The summed E-state index contributed by atoms with van der Waals surface area (Å²) in [6.07, 6.45) is 8.49. The molecule has 1 saturated carbocycles. The van der Waals surface area contributed by atoms with E-state index in [0.717, 1.165) is 6.54 Å². The average Bonchev–Trinajstić information content (AvgIpc) is 2.17.